The molecular weight excluding hydrogens is 208 g/mol. The maximum Gasteiger partial charge on any atom is 0.324 e. The standard InChI is InChI=1S/C11H10N2O3/c14-7-9-3-1-2-8(4-9)6-13-10(15)5-12-11(13)16/h1-4,7H,5-6H2,(H,12,16). The van der Waals surface area contributed by atoms with Crippen LogP contribution in [0.5, 0.6) is 0 Å². The Kier molecular flexibility index (Phi) is 2.68. The summed E-state index contributed by atoms with van der Waals surface area (Å²) in [6.45, 7) is 0.249. The number of rotatable bonds is 3. The van der Waals surface area contributed by atoms with Crippen LogP contribution in [-0.2, 0) is 11.3 Å². The van der Waals surface area contributed by atoms with Gasteiger partial charge in [0.1, 0.15) is 6.29 Å². The molecule has 1 aromatic carbocycles. The van der Waals surface area contributed by atoms with E-state index in [9.17, 15) is 14.4 Å². The van der Waals surface area contributed by atoms with Gasteiger partial charge in [0, 0.05) is 5.56 Å². The Labute approximate surface area is 92.0 Å². The lowest BCUT2D eigenvalue weighted by Crippen LogP contribution is -2.30. The lowest BCUT2D eigenvalue weighted by Gasteiger charge is -2.12. The zero-order valence-electron chi connectivity index (χ0n) is 8.47. The van der Waals surface area contributed by atoms with Gasteiger partial charge in [-0.1, -0.05) is 18.2 Å². The third-order valence-corrected chi connectivity index (χ3v) is 2.36. The molecule has 1 aliphatic heterocycles. The first-order chi connectivity index (χ1) is 7.70. The number of amides is 3. The molecule has 1 N–H and O–H groups in total. The Hall–Kier alpha value is -2.17. The number of urea groups is 1. The molecule has 5 nitrogen and oxygen atoms in total. The lowest BCUT2D eigenvalue weighted by molar-refractivity contribution is -0.125. The highest BCUT2D eigenvalue weighted by Crippen LogP contribution is 2.09. The molecule has 1 saturated heterocycles. The van der Waals surface area contributed by atoms with Crippen molar-refractivity contribution in [2.75, 3.05) is 6.54 Å². The summed E-state index contributed by atoms with van der Waals surface area (Å²) in [6.07, 6.45) is 0.732. The van der Waals surface area contributed by atoms with E-state index in [2.05, 4.69) is 5.32 Å². The lowest BCUT2D eigenvalue weighted by atomic mass is 10.1. The minimum atomic E-state index is -0.387. The molecule has 1 aliphatic rings. The van der Waals surface area contributed by atoms with Crippen LogP contribution in [0.4, 0.5) is 4.79 Å². The van der Waals surface area contributed by atoms with Crippen molar-refractivity contribution in [3.63, 3.8) is 0 Å². The molecule has 0 saturated carbocycles. The molecule has 2 rings (SSSR count). The first kappa shape index (κ1) is 10.4. The SMILES string of the molecule is O=Cc1cccc(CN2C(=O)CNC2=O)c1. The summed E-state index contributed by atoms with van der Waals surface area (Å²) in [5.41, 5.74) is 1.29. The van der Waals surface area contributed by atoms with Gasteiger partial charge in [0.05, 0.1) is 13.1 Å². The van der Waals surface area contributed by atoms with Gasteiger partial charge in [-0.05, 0) is 11.6 Å². The number of nitrogens with one attached hydrogen (secondary N) is 1. The van der Waals surface area contributed by atoms with E-state index in [1.165, 1.54) is 0 Å². The van der Waals surface area contributed by atoms with E-state index in [1.54, 1.807) is 24.3 Å². The molecule has 0 aromatic heterocycles. The van der Waals surface area contributed by atoms with Gasteiger partial charge in [-0.25, -0.2) is 4.79 Å². The second-order valence-electron chi connectivity index (χ2n) is 3.50. The van der Waals surface area contributed by atoms with Crippen molar-refractivity contribution in [2.24, 2.45) is 0 Å². The number of benzene rings is 1. The van der Waals surface area contributed by atoms with Crippen LogP contribution in [0.2, 0.25) is 0 Å². The number of aldehydes is 1. The van der Waals surface area contributed by atoms with Gasteiger partial charge >= 0.3 is 6.03 Å². The van der Waals surface area contributed by atoms with Crippen LogP contribution in [0.1, 0.15) is 15.9 Å². The van der Waals surface area contributed by atoms with Gasteiger partial charge < -0.3 is 5.32 Å². The molecule has 1 aromatic rings. The molecule has 1 heterocycles. The van der Waals surface area contributed by atoms with Gasteiger partial charge in [-0.2, -0.15) is 0 Å². The van der Waals surface area contributed by atoms with E-state index in [-0.39, 0.29) is 25.0 Å². The molecule has 0 unspecified atom stereocenters. The summed E-state index contributed by atoms with van der Waals surface area (Å²) < 4.78 is 0. The molecule has 3 amide bonds. The molecule has 1 fully saturated rings. The third kappa shape index (κ3) is 1.93. The van der Waals surface area contributed by atoms with E-state index < -0.39 is 0 Å². The van der Waals surface area contributed by atoms with Crippen molar-refractivity contribution in [1.82, 2.24) is 10.2 Å². The molecule has 0 spiro atoms. The summed E-state index contributed by atoms with van der Waals surface area (Å²) in [4.78, 5) is 34.3. The fourth-order valence-corrected chi connectivity index (χ4v) is 1.56. The predicted octanol–water partition coefficient (Wildman–Crippen LogP) is 0.551. The number of hydrogen-bond donors (Lipinski definition) is 1. The average molecular weight is 218 g/mol. The third-order valence-electron chi connectivity index (χ3n) is 2.36. The van der Waals surface area contributed by atoms with Crippen LogP contribution in [0.15, 0.2) is 24.3 Å². The van der Waals surface area contributed by atoms with E-state index in [1.807, 2.05) is 0 Å². The monoisotopic (exact) mass is 218 g/mol. The molecule has 0 aliphatic carbocycles. The highest BCUT2D eigenvalue weighted by Gasteiger charge is 2.28. The molecule has 5 heteroatoms. The second-order valence-corrected chi connectivity index (χ2v) is 3.50. The fourth-order valence-electron chi connectivity index (χ4n) is 1.56. The topological polar surface area (TPSA) is 66.5 Å². The summed E-state index contributed by atoms with van der Waals surface area (Å²) in [5.74, 6) is -0.249. The summed E-state index contributed by atoms with van der Waals surface area (Å²) in [5, 5.41) is 2.44. The van der Waals surface area contributed by atoms with E-state index in [0.29, 0.717) is 5.56 Å². The Balaban J connectivity index is 2.16. The molecular formula is C11H10N2O3. The molecule has 0 atom stereocenters. The average Bonchev–Trinajstić information content (AvgIpc) is 2.61. The normalized spacial score (nSPS) is 15.1. The zero-order valence-corrected chi connectivity index (χ0v) is 8.47. The van der Waals surface area contributed by atoms with E-state index in [4.69, 9.17) is 0 Å². The quantitative estimate of drug-likeness (QED) is 0.595. The van der Waals surface area contributed by atoms with E-state index in [0.717, 1.165) is 16.7 Å². The van der Waals surface area contributed by atoms with Crippen molar-refractivity contribution >= 4 is 18.2 Å². The van der Waals surface area contributed by atoms with Crippen LogP contribution >= 0.6 is 0 Å². The molecule has 0 radical (unpaired) electrons. The van der Waals surface area contributed by atoms with Gasteiger partial charge in [-0.15, -0.1) is 0 Å². The number of imide groups is 1. The Morgan fingerprint density at radius 1 is 1.38 bits per heavy atom. The van der Waals surface area contributed by atoms with Gasteiger partial charge in [-0.3, -0.25) is 14.5 Å². The molecule has 16 heavy (non-hydrogen) atoms. The van der Waals surface area contributed by atoms with Gasteiger partial charge in [0.25, 0.3) is 0 Å². The fraction of sp³-hybridized carbons (Fsp3) is 0.182. The minimum Gasteiger partial charge on any atom is -0.329 e. The number of carbonyl (C=O) groups is 3. The van der Waals surface area contributed by atoms with Crippen LogP contribution in [0, 0.1) is 0 Å². The van der Waals surface area contributed by atoms with Crippen molar-refractivity contribution in [3.05, 3.63) is 35.4 Å². The summed E-state index contributed by atoms with van der Waals surface area (Å²) >= 11 is 0. The highest BCUT2D eigenvalue weighted by molar-refractivity contribution is 6.01. The second kappa shape index (κ2) is 4.14. The van der Waals surface area contributed by atoms with Crippen molar-refractivity contribution < 1.29 is 14.4 Å². The Bertz CT molecular complexity index is 440. The number of carbonyl (C=O) groups excluding carboxylic acids is 3. The Morgan fingerprint density at radius 2 is 2.19 bits per heavy atom. The first-order valence-electron chi connectivity index (χ1n) is 4.83. The Morgan fingerprint density at radius 3 is 2.81 bits per heavy atom. The smallest absolute Gasteiger partial charge is 0.324 e. The predicted molar refractivity (Wildman–Crippen MR) is 55.8 cm³/mol. The highest BCUT2D eigenvalue weighted by atomic mass is 16.2. The van der Waals surface area contributed by atoms with Crippen LogP contribution < -0.4 is 5.32 Å². The van der Waals surface area contributed by atoms with Crippen molar-refractivity contribution in [3.8, 4) is 0 Å². The van der Waals surface area contributed by atoms with Crippen LogP contribution in [0.25, 0.3) is 0 Å². The van der Waals surface area contributed by atoms with E-state index >= 15 is 0 Å². The van der Waals surface area contributed by atoms with Crippen molar-refractivity contribution in [1.29, 1.82) is 0 Å². The molecule has 82 valence electrons. The minimum absolute atomic E-state index is 0.0478. The zero-order chi connectivity index (χ0) is 11.5. The number of hydrogen-bond acceptors (Lipinski definition) is 3. The largest absolute Gasteiger partial charge is 0.329 e. The molecule has 0 bridgehead atoms. The van der Waals surface area contributed by atoms with Crippen molar-refractivity contribution in [2.45, 2.75) is 6.54 Å². The van der Waals surface area contributed by atoms with Gasteiger partial charge in [0.15, 0.2) is 0 Å². The van der Waals surface area contributed by atoms with Crippen LogP contribution in [-0.4, -0.2) is 29.7 Å². The van der Waals surface area contributed by atoms with Crippen LogP contribution in [0.3, 0.4) is 0 Å². The maximum atomic E-state index is 11.3. The van der Waals surface area contributed by atoms with Gasteiger partial charge in [0.2, 0.25) is 5.91 Å². The maximum absolute atomic E-state index is 11.3. The summed E-state index contributed by atoms with van der Waals surface area (Å²) in [6, 6.07) is 6.43. The number of nitrogens with zero attached hydrogens (tertiary/aromatic N) is 1. The first-order valence-corrected chi connectivity index (χ1v) is 4.83. The summed E-state index contributed by atoms with van der Waals surface area (Å²) in [7, 11) is 0.